The van der Waals surface area contributed by atoms with Gasteiger partial charge in [0.1, 0.15) is 0 Å². The van der Waals surface area contributed by atoms with Crippen LogP contribution in [0.5, 0.6) is 0 Å². The Hall–Kier alpha value is -1.51. The molecule has 1 aliphatic rings. The quantitative estimate of drug-likeness (QED) is 0.694. The molecule has 74 valence electrons. The Morgan fingerprint density at radius 2 is 2.14 bits per heavy atom. The van der Waals surface area contributed by atoms with E-state index < -0.39 is 0 Å². The van der Waals surface area contributed by atoms with Crippen molar-refractivity contribution in [2.75, 3.05) is 12.8 Å². The van der Waals surface area contributed by atoms with Crippen molar-refractivity contribution in [2.24, 2.45) is 0 Å². The van der Waals surface area contributed by atoms with E-state index in [0.717, 1.165) is 0 Å². The molecule has 0 spiro atoms. The van der Waals surface area contributed by atoms with Crippen LogP contribution in [-0.2, 0) is 0 Å². The molecule has 1 fully saturated rings. The van der Waals surface area contributed by atoms with E-state index in [1.54, 1.807) is 13.1 Å². The van der Waals surface area contributed by atoms with Gasteiger partial charge in [0.2, 0.25) is 0 Å². The molecule has 1 amide bonds. The van der Waals surface area contributed by atoms with Crippen LogP contribution in [-0.4, -0.2) is 13.0 Å². The second-order valence-electron chi connectivity index (χ2n) is 3.74. The smallest absolute Gasteiger partial charge is 0.251 e. The third-order valence-electron chi connectivity index (χ3n) is 2.52. The van der Waals surface area contributed by atoms with E-state index in [1.807, 2.05) is 12.1 Å². The predicted molar refractivity (Wildman–Crippen MR) is 56.2 cm³/mol. The van der Waals surface area contributed by atoms with Crippen LogP contribution in [0.4, 0.5) is 5.69 Å². The van der Waals surface area contributed by atoms with Crippen molar-refractivity contribution in [1.82, 2.24) is 5.32 Å². The van der Waals surface area contributed by atoms with Crippen LogP contribution in [0.1, 0.15) is 34.7 Å². The predicted octanol–water partition coefficient (Wildman–Crippen LogP) is 1.51. The Morgan fingerprint density at radius 1 is 1.43 bits per heavy atom. The first-order valence-corrected chi connectivity index (χ1v) is 4.83. The SMILES string of the molecule is CNC(=O)c1cc(N)cc(C2CC2)c1. The number of nitrogen functional groups attached to an aromatic ring is 1. The van der Waals surface area contributed by atoms with E-state index >= 15 is 0 Å². The molecule has 0 saturated heterocycles. The van der Waals surface area contributed by atoms with E-state index in [9.17, 15) is 4.79 Å². The number of nitrogens with two attached hydrogens (primary N) is 1. The molecule has 1 saturated carbocycles. The maximum absolute atomic E-state index is 11.4. The van der Waals surface area contributed by atoms with Crippen LogP contribution in [0.2, 0.25) is 0 Å². The number of nitrogens with one attached hydrogen (secondary N) is 1. The summed E-state index contributed by atoms with van der Waals surface area (Å²) < 4.78 is 0. The number of benzene rings is 1. The zero-order valence-electron chi connectivity index (χ0n) is 8.21. The number of rotatable bonds is 2. The summed E-state index contributed by atoms with van der Waals surface area (Å²) in [5.41, 5.74) is 8.27. The molecule has 3 heteroatoms. The molecule has 0 atom stereocenters. The molecule has 14 heavy (non-hydrogen) atoms. The minimum absolute atomic E-state index is 0.0702. The molecule has 3 N–H and O–H groups in total. The first-order chi connectivity index (χ1) is 6.70. The maximum Gasteiger partial charge on any atom is 0.251 e. The average Bonchev–Trinajstić information content (AvgIpc) is 2.98. The van der Waals surface area contributed by atoms with E-state index in [2.05, 4.69) is 5.32 Å². The van der Waals surface area contributed by atoms with E-state index in [-0.39, 0.29) is 5.91 Å². The van der Waals surface area contributed by atoms with Gasteiger partial charge in [-0.05, 0) is 42.5 Å². The summed E-state index contributed by atoms with van der Waals surface area (Å²) in [6, 6.07) is 5.61. The average molecular weight is 190 g/mol. The normalized spacial score (nSPS) is 15.2. The fourth-order valence-electron chi connectivity index (χ4n) is 1.60. The van der Waals surface area contributed by atoms with Crippen LogP contribution >= 0.6 is 0 Å². The topological polar surface area (TPSA) is 55.1 Å². The molecule has 0 aromatic heterocycles. The Bertz CT molecular complexity index is 370. The summed E-state index contributed by atoms with van der Waals surface area (Å²) in [7, 11) is 1.63. The minimum Gasteiger partial charge on any atom is -0.399 e. The van der Waals surface area contributed by atoms with Crippen LogP contribution < -0.4 is 11.1 Å². The highest BCUT2D eigenvalue weighted by Gasteiger charge is 2.24. The molecule has 3 nitrogen and oxygen atoms in total. The molecule has 0 bridgehead atoms. The molecular weight excluding hydrogens is 176 g/mol. The number of carbonyl (C=O) groups excluding carboxylic acids is 1. The standard InChI is InChI=1S/C11H14N2O/c1-13-11(14)9-4-8(7-2-3-7)5-10(12)6-9/h4-7H,2-3,12H2,1H3,(H,13,14). The van der Waals surface area contributed by atoms with Gasteiger partial charge in [-0.1, -0.05) is 0 Å². The lowest BCUT2D eigenvalue weighted by molar-refractivity contribution is 0.0963. The number of hydrogen-bond acceptors (Lipinski definition) is 2. The Kier molecular flexibility index (Phi) is 2.15. The van der Waals surface area contributed by atoms with Gasteiger partial charge in [0.15, 0.2) is 0 Å². The van der Waals surface area contributed by atoms with Gasteiger partial charge in [-0.3, -0.25) is 4.79 Å². The highest BCUT2D eigenvalue weighted by molar-refractivity contribution is 5.95. The Balaban J connectivity index is 2.35. The lowest BCUT2D eigenvalue weighted by Crippen LogP contribution is -2.18. The molecule has 0 heterocycles. The third-order valence-corrected chi connectivity index (χ3v) is 2.52. The van der Waals surface area contributed by atoms with Gasteiger partial charge in [-0.25, -0.2) is 0 Å². The summed E-state index contributed by atoms with van der Waals surface area (Å²) >= 11 is 0. The van der Waals surface area contributed by atoms with E-state index in [1.165, 1.54) is 18.4 Å². The van der Waals surface area contributed by atoms with Crippen molar-refractivity contribution < 1.29 is 4.79 Å². The monoisotopic (exact) mass is 190 g/mol. The lowest BCUT2D eigenvalue weighted by atomic mass is 10.1. The molecule has 0 radical (unpaired) electrons. The van der Waals surface area contributed by atoms with Crippen LogP contribution in [0.25, 0.3) is 0 Å². The summed E-state index contributed by atoms with van der Waals surface area (Å²) in [4.78, 5) is 11.4. The summed E-state index contributed by atoms with van der Waals surface area (Å²) in [5.74, 6) is 0.557. The van der Waals surface area contributed by atoms with Crippen molar-refractivity contribution in [3.8, 4) is 0 Å². The third kappa shape index (κ3) is 1.71. The summed E-state index contributed by atoms with van der Waals surface area (Å²) in [5, 5.41) is 2.60. The largest absolute Gasteiger partial charge is 0.399 e. The lowest BCUT2D eigenvalue weighted by Gasteiger charge is -2.05. The second-order valence-corrected chi connectivity index (χ2v) is 3.74. The molecule has 2 rings (SSSR count). The van der Waals surface area contributed by atoms with Crippen molar-refractivity contribution in [3.05, 3.63) is 29.3 Å². The van der Waals surface area contributed by atoms with Gasteiger partial charge < -0.3 is 11.1 Å². The van der Waals surface area contributed by atoms with E-state index in [4.69, 9.17) is 5.73 Å². The fourth-order valence-corrected chi connectivity index (χ4v) is 1.60. The van der Waals surface area contributed by atoms with Gasteiger partial charge in [0, 0.05) is 18.3 Å². The number of amides is 1. The molecule has 0 unspecified atom stereocenters. The van der Waals surface area contributed by atoms with Crippen molar-refractivity contribution in [2.45, 2.75) is 18.8 Å². The van der Waals surface area contributed by atoms with Gasteiger partial charge >= 0.3 is 0 Å². The maximum atomic E-state index is 11.4. The highest BCUT2D eigenvalue weighted by atomic mass is 16.1. The minimum atomic E-state index is -0.0702. The fraction of sp³-hybridized carbons (Fsp3) is 0.364. The van der Waals surface area contributed by atoms with Gasteiger partial charge in [0.05, 0.1) is 0 Å². The van der Waals surface area contributed by atoms with Crippen LogP contribution in [0.3, 0.4) is 0 Å². The van der Waals surface area contributed by atoms with Crippen molar-refractivity contribution in [1.29, 1.82) is 0 Å². The zero-order valence-corrected chi connectivity index (χ0v) is 8.21. The number of anilines is 1. The van der Waals surface area contributed by atoms with Crippen molar-refractivity contribution >= 4 is 11.6 Å². The molecule has 1 aromatic rings. The van der Waals surface area contributed by atoms with Gasteiger partial charge in [0.25, 0.3) is 5.91 Å². The first kappa shape index (κ1) is 9.06. The number of carbonyl (C=O) groups is 1. The zero-order chi connectivity index (χ0) is 10.1. The van der Waals surface area contributed by atoms with Crippen molar-refractivity contribution in [3.63, 3.8) is 0 Å². The molecule has 1 aliphatic carbocycles. The molecular formula is C11H14N2O. The summed E-state index contributed by atoms with van der Waals surface area (Å²) in [6.07, 6.45) is 2.44. The van der Waals surface area contributed by atoms with E-state index in [0.29, 0.717) is 17.2 Å². The van der Waals surface area contributed by atoms with Crippen LogP contribution in [0, 0.1) is 0 Å². The summed E-state index contributed by atoms with van der Waals surface area (Å²) in [6.45, 7) is 0. The Morgan fingerprint density at radius 3 is 2.71 bits per heavy atom. The Labute approximate surface area is 83.3 Å². The highest BCUT2D eigenvalue weighted by Crippen LogP contribution is 2.40. The molecule has 0 aliphatic heterocycles. The second kappa shape index (κ2) is 3.33. The van der Waals surface area contributed by atoms with Gasteiger partial charge in [-0.15, -0.1) is 0 Å². The molecule has 1 aromatic carbocycles. The first-order valence-electron chi connectivity index (χ1n) is 4.83. The van der Waals surface area contributed by atoms with Crippen LogP contribution in [0.15, 0.2) is 18.2 Å². The van der Waals surface area contributed by atoms with Gasteiger partial charge in [-0.2, -0.15) is 0 Å². The number of hydrogen-bond donors (Lipinski definition) is 2.